The minimum absolute atomic E-state index is 0.604. The summed E-state index contributed by atoms with van der Waals surface area (Å²) in [5.74, 6) is 0.604. The zero-order valence-corrected chi connectivity index (χ0v) is 8.19. The van der Waals surface area contributed by atoms with E-state index in [9.17, 15) is 0 Å². The van der Waals surface area contributed by atoms with Crippen LogP contribution < -0.4 is 0 Å². The molecule has 1 heteroatoms. The normalized spacial score (nSPS) is 13.7. The highest BCUT2D eigenvalue weighted by Gasteiger charge is 1.95. The van der Waals surface area contributed by atoms with Crippen molar-refractivity contribution in [3.8, 4) is 0 Å². The van der Waals surface area contributed by atoms with Crippen LogP contribution in [-0.2, 0) is 0 Å². The molecule has 0 fully saturated rings. The Bertz CT molecular complexity index is 136. The van der Waals surface area contributed by atoms with Crippen LogP contribution in [0.15, 0.2) is 23.8 Å². The molecule has 0 saturated carbocycles. The van der Waals surface area contributed by atoms with Gasteiger partial charge in [0, 0.05) is 5.54 Å². The van der Waals surface area contributed by atoms with Crippen LogP contribution in [0.2, 0.25) is 0 Å². The van der Waals surface area contributed by atoms with Crippen LogP contribution >= 0.6 is 11.6 Å². The van der Waals surface area contributed by atoms with Crippen LogP contribution in [-0.4, -0.2) is 0 Å². The summed E-state index contributed by atoms with van der Waals surface area (Å²) in [6.45, 7) is 8.10. The lowest BCUT2D eigenvalue weighted by atomic mass is 10.0. The molecule has 64 valence electrons. The Labute approximate surface area is 74.9 Å². The summed E-state index contributed by atoms with van der Waals surface area (Å²) in [5, 5.41) is 0. The van der Waals surface area contributed by atoms with Gasteiger partial charge in [0.05, 0.1) is 0 Å². The molecule has 0 heterocycles. The second-order valence-corrected chi connectivity index (χ2v) is 3.40. The topological polar surface area (TPSA) is 0 Å². The first-order chi connectivity index (χ1) is 5.16. The third-order valence-electron chi connectivity index (χ3n) is 1.66. The molecule has 0 radical (unpaired) electrons. The van der Waals surface area contributed by atoms with Crippen molar-refractivity contribution in [2.75, 3.05) is 0 Å². The van der Waals surface area contributed by atoms with Gasteiger partial charge in [-0.05, 0) is 32.1 Å². The zero-order valence-electron chi connectivity index (χ0n) is 7.44. The first kappa shape index (κ1) is 10.8. The highest BCUT2D eigenvalue weighted by molar-refractivity contribution is 6.25. The van der Waals surface area contributed by atoms with E-state index in [-0.39, 0.29) is 0 Å². The molecule has 0 aliphatic heterocycles. The van der Waals surface area contributed by atoms with Crippen LogP contribution in [0.3, 0.4) is 0 Å². The lowest BCUT2D eigenvalue weighted by molar-refractivity contribution is 0.606. The van der Waals surface area contributed by atoms with Crippen molar-refractivity contribution < 1.29 is 0 Å². The van der Waals surface area contributed by atoms with Gasteiger partial charge in [-0.15, -0.1) is 6.58 Å². The molecule has 1 atom stereocenters. The van der Waals surface area contributed by atoms with Gasteiger partial charge in [-0.25, -0.2) is 0 Å². The van der Waals surface area contributed by atoms with Crippen LogP contribution in [0.5, 0.6) is 0 Å². The van der Waals surface area contributed by atoms with E-state index in [1.807, 2.05) is 6.08 Å². The maximum Gasteiger partial charge on any atom is 0.000514 e. The average molecular weight is 173 g/mol. The summed E-state index contributed by atoms with van der Waals surface area (Å²) in [6.07, 6.45) is 5.59. The molecule has 0 amide bonds. The number of hydrogen-bond donors (Lipinski definition) is 0. The van der Waals surface area contributed by atoms with E-state index >= 15 is 0 Å². The summed E-state index contributed by atoms with van der Waals surface area (Å²) < 4.78 is 0. The Kier molecular flexibility index (Phi) is 6.34. The third kappa shape index (κ3) is 7.67. The Hall–Kier alpha value is -0.230. The zero-order chi connectivity index (χ0) is 8.69. The predicted octanol–water partition coefficient (Wildman–Crippen LogP) is 4.12. The number of hydrogen-bond acceptors (Lipinski definition) is 0. The molecule has 0 nitrogen and oxygen atoms in total. The Morgan fingerprint density at radius 1 is 1.64 bits per heavy atom. The van der Waals surface area contributed by atoms with Gasteiger partial charge in [-0.2, -0.15) is 0 Å². The van der Waals surface area contributed by atoms with Crippen LogP contribution in [0.25, 0.3) is 0 Å². The van der Waals surface area contributed by atoms with Gasteiger partial charge in [0.2, 0.25) is 0 Å². The molecule has 0 aromatic carbocycles. The standard InChI is InChI=1S/C10H17Cl/c1-9(2)5-4-6-10(3)7-8-11/h7-8,10H,1,4-6H2,2-3H3. The van der Waals surface area contributed by atoms with Gasteiger partial charge in [-0.3, -0.25) is 0 Å². The number of halogens is 1. The van der Waals surface area contributed by atoms with Gasteiger partial charge in [0.15, 0.2) is 0 Å². The van der Waals surface area contributed by atoms with Crippen molar-refractivity contribution in [1.82, 2.24) is 0 Å². The molecular formula is C10H17Cl. The van der Waals surface area contributed by atoms with Gasteiger partial charge in [-0.1, -0.05) is 30.2 Å². The van der Waals surface area contributed by atoms with Crippen molar-refractivity contribution in [1.29, 1.82) is 0 Å². The summed E-state index contributed by atoms with van der Waals surface area (Å²) in [5.41, 5.74) is 2.87. The fraction of sp³-hybridized carbons (Fsp3) is 0.600. The molecule has 0 rings (SSSR count). The molecule has 0 aliphatic carbocycles. The Morgan fingerprint density at radius 3 is 2.73 bits per heavy atom. The first-order valence-corrected chi connectivity index (χ1v) is 4.51. The Morgan fingerprint density at radius 2 is 2.27 bits per heavy atom. The summed E-state index contributed by atoms with van der Waals surface area (Å²) in [7, 11) is 0. The fourth-order valence-electron chi connectivity index (χ4n) is 0.946. The van der Waals surface area contributed by atoms with Gasteiger partial charge >= 0.3 is 0 Å². The van der Waals surface area contributed by atoms with Crippen molar-refractivity contribution in [2.24, 2.45) is 5.92 Å². The van der Waals surface area contributed by atoms with Gasteiger partial charge < -0.3 is 0 Å². The second kappa shape index (κ2) is 6.48. The summed E-state index contributed by atoms with van der Waals surface area (Å²) >= 11 is 5.44. The SMILES string of the molecule is C=C(C)CCCC(C)C=CCl. The summed E-state index contributed by atoms with van der Waals surface area (Å²) in [6, 6.07) is 0. The van der Waals surface area contributed by atoms with E-state index < -0.39 is 0 Å². The van der Waals surface area contributed by atoms with E-state index in [2.05, 4.69) is 20.4 Å². The monoisotopic (exact) mass is 172 g/mol. The molecule has 0 aromatic heterocycles. The first-order valence-electron chi connectivity index (χ1n) is 4.08. The van der Waals surface area contributed by atoms with E-state index in [0.717, 1.165) is 6.42 Å². The number of allylic oxidation sites excluding steroid dienone is 2. The lowest BCUT2D eigenvalue weighted by Crippen LogP contribution is -1.88. The van der Waals surface area contributed by atoms with E-state index in [4.69, 9.17) is 11.6 Å². The van der Waals surface area contributed by atoms with E-state index in [1.54, 1.807) is 5.54 Å². The minimum atomic E-state index is 0.604. The third-order valence-corrected chi connectivity index (χ3v) is 1.81. The highest BCUT2D eigenvalue weighted by Crippen LogP contribution is 2.12. The maximum atomic E-state index is 5.44. The molecule has 1 unspecified atom stereocenters. The molecule has 0 N–H and O–H groups in total. The second-order valence-electron chi connectivity index (χ2n) is 3.15. The predicted molar refractivity (Wildman–Crippen MR) is 52.8 cm³/mol. The van der Waals surface area contributed by atoms with Crippen molar-refractivity contribution in [2.45, 2.75) is 33.1 Å². The average Bonchev–Trinajstić information content (AvgIpc) is 1.87. The van der Waals surface area contributed by atoms with Gasteiger partial charge in [0.25, 0.3) is 0 Å². The molecular weight excluding hydrogens is 156 g/mol. The maximum absolute atomic E-state index is 5.44. The van der Waals surface area contributed by atoms with Crippen LogP contribution in [0.1, 0.15) is 33.1 Å². The van der Waals surface area contributed by atoms with Crippen molar-refractivity contribution in [3.05, 3.63) is 23.8 Å². The highest BCUT2D eigenvalue weighted by atomic mass is 35.5. The molecule has 0 bridgehead atoms. The molecule has 0 aromatic rings. The van der Waals surface area contributed by atoms with Crippen LogP contribution in [0, 0.1) is 5.92 Å². The van der Waals surface area contributed by atoms with Crippen molar-refractivity contribution in [3.63, 3.8) is 0 Å². The molecule has 0 saturated heterocycles. The minimum Gasteiger partial charge on any atom is -0.100 e. The lowest BCUT2D eigenvalue weighted by Gasteiger charge is -2.04. The van der Waals surface area contributed by atoms with Crippen LogP contribution in [0.4, 0.5) is 0 Å². The fourth-order valence-corrected chi connectivity index (χ4v) is 1.19. The van der Waals surface area contributed by atoms with E-state index in [1.165, 1.54) is 18.4 Å². The van der Waals surface area contributed by atoms with Gasteiger partial charge in [0.1, 0.15) is 0 Å². The summed E-state index contributed by atoms with van der Waals surface area (Å²) in [4.78, 5) is 0. The smallest absolute Gasteiger partial charge is 0.000514 e. The quantitative estimate of drug-likeness (QED) is 0.548. The molecule has 11 heavy (non-hydrogen) atoms. The Balaban J connectivity index is 3.31. The van der Waals surface area contributed by atoms with E-state index in [0.29, 0.717) is 5.92 Å². The largest absolute Gasteiger partial charge is 0.100 e. The van der Waals surface area contributed by atoms with Crippen molar-refractivity contribution >= 4 is 11.6 Å². The molecule has 0 spiro atoms. The number of rotatable bonds is 5. The molecule has 0 aliphatic rings.